The lowest BCUT2D eigenvalue weighted by molar-refractivity contribution is 0.729. The van der Waals surface area contributed by atoms with Crippen molar-refractivity contribution >= 4 is 5.70 Å². The molecule has 1 aromatic heterocycles. The first-order chi connectivity index (χ1) is 5.86. The molecule has 2 rings (SSSR count). The largest absolute Gasteiger partial charge is 0.241 e. The first kappa shape index (κ1) is 7.35. The third-order valence-electron chi connectivity index (χ3n) is 2.06. The molecular weight excluding hydrogens is 148 g/mol. The maximum atomic E-state index is 4.16. The standard InChI is InChI=1S/C10H12N2/c1-9-3-5-10(6-4-9)12-8-2-7-11-12/h2-3,5-9H,4H2,1H3. The molecule has 0 fully saturated rings. The zero-order chi connectivity index (χ0) is 8.39. The molecule has 12 heavy (non-hydrogen) atoms. The number of hydrogen-bond donors (Lipinski definition) is 0. The van der Waals surface area contributed by atoms with Crippen molar-refractivity contribution in [2.75, 3.05) is 0 Å². The first-order valence-corrected chi connectivity index (χ1v) is 4.24. The Kier molecular flexibility index (Phi) is 1.82. The Hall–Kier alpha value is -1.31. The second kappa shape index (κ2) is 2.97. The first-order valence-electron chi connectivity index (χ1n) is 4.24. The van der Waals surface area contributed by atoms with Gasteiger partial charge in [-0.25, -0.2) is 4.68 Å². The number of aromatic nitrogens is 2. The van der Waals surface area contributed by atoms with Crippen LogP contribution in [0.15, 0.2) is 36.7 Å². The average molecular weight is 160 g/mol. The van der Waals surface area contributed by atoms with Crippen molar-refractivity contribution in [1.82, 2.24) is 9.78 Å². The Morgan fingerprint density at radius 2 is 2.50 bits per heavy atom. The van der Waals surface area contributed by atoms with Gasteiger partial charge in [0, 0.05) is 12.4 Å². The van der Waals surface area contributed by atoms with E-state index in [4.69, 9.17) is 0 Å². The molecule has 0 amide bonds. The van der Waals surface area contributed by atoms with Gasteiger partial charge in [0.15, 0.2) is 0 Å². The molecule has 0 spiro atoms. The lowest BCUT2D eigenvalue weighted by Gasteiger charge is -2.11. The summed E-state index contributed by atoms with van der Waals surface area (Å²) in [5.74, 6) is 0.671. The Labute approximate surface area is 72.2 Å². The van der Waals surface area contributed by atoms with E-state index < -0.39 is 0 Å². The van der Waals surface area contributed by atoms with Gasteiger partial charge in [-0.2, -0.15) is 5.10 Å². The van der Waals surface area contributed by atoms with Crippen LogP contribution in [0.4, 0.5) is 0 Å². The number of allylic oxidation sites excluding steroid dienone is 4. The molecule has 1 aromatic rings. The van der Waals surface area contributed by atoms with Gasteiger partial charge < -0.3 is 0 Å². The van der Waals surface area contributed by atoms with E-state index in [0.29, 0.717) is 5.92 Å². The van der Waals surface area contributed by atoms with Crippen LogP contribution in [0.3, 0.4) is 0 Å². The van der Waals surface area contributed by atoms with Gasteiger partial charge in [-0.15, -0.1) is 0 Å². The molecule has 0 saturated carbocycles. The van der Waals surface area contributed by atoms with E-state index in [1.165, 1.54) is 5.70 Å². The van der Waals surface area contributed by atoms with Crippen molar-refractivity contribution in [1.29, 1.82) is 0 Å². The molecule has 1 heterocycles. The highest BCUT2D eigenvalue weighted by molar-refractivity contribution is 5.57. The van der Waals surface area contributed by atoms with Crippen molar-refractivity contribution in [2.45, 2.75) is 13.3 Å². The molecule has 0 aliphatic heterocycles. The molecule has 0 radical (unpaired) electrons. The van der Waals surface area contributed by atoms with Crippen LogP contribution >= 0.6 is 0 Å². The van der Waals surface area contributed by atoms with E-state index in [2.05, 4.69) is 30.3 Å². The van der Waals surface area contributed by atoms with Crippen molar-refractivity contribution < 1.29 is 0 Å². The normalized spacial score (nSPS) is 22.4. The summed E-state index contributed by atoms with van der Waals surface area (Å²) >= 11 is 0. The van der Waals surface area contributed by atoms with Crippen molar-refractivity contribution in [3.05, 3.63) is 36.7 Å². The fourth-order valence-corrected chi connectivity index (χ4v) is 1.31. The van der Waals surface area contributed by atoms with Crippen molar-refractivity contribution in [3.8, 4) is 0 Å². The molecule has 2 heteroatoms. The second-order valence-corrected chi connectivity index (χ2v) is 3.15. The predicted molar refractivity (Wildman–Crippen MR) is 49.4 cm³/mol. The van der Waals surface area contributed by atoms with E-state index in [1.807, 2.05) is 16.9 Å². The highest BCUT2D eigenvalue weighted by Gasteiger charge is 2.04. The molecule has 0 aromatic carbocycles. The SMILES string of the molecule is CC1C=CC(n2cccn2)=CC1. The summed E-state index contributed by atoms with van der Waals surface area (Å²) in [5.41, 5.74) is 1.18. The van der Waals surface area contributed by atoms with Crippen LogP contribution < -0.4 is 0 Å². The molecule has 1 aliphatic carbocycles. The van der Waals surface area contributed by atoms with E-state index in [-0.39, 0.29) is 0 Å². The van der Waals surface area contributed by atoms with Gasteiger partial charge in [0.25, 0.3) is 0 Å². The topological polar surface area (TPSA) is 17.8 Å². The summed E-state index contributed by atoms with van der Waals surface area (Å²) in [5, 5.41) is 4.16. The molecule has 2 nitrogen and oxygen atoms in total. The minimum Gasteiger partial charge on any atom is -0.241 e. The Bertz CT molecular complexity index is 307. The molecule has 1 aliphatic rings. The van der Waals surface area contributed by atoms with Crippen LogP contribution in [0, 0.1) is 5.92 Å². The Morgan fingerprint density at radius 1 is 1.58 bits per heavy atom. The summed E-state index contributed by atoms with van der Waals surface area (Å²) in [6.07, 6.45) is 11.4. The summed E-state index contributed by atoms with van der Waals surface area (Å²) < 4.78 is 1.89. The van der Waals surface area contributed by atoms with Crippen LogP contribution in [0.5, 0.6) is 0 Å². The van der Waals surface area contributed by atoms with Gasteiger partial charge in [0.2, 0.25) is 0 Å². The van der Waals surface area contributed by atoms with Gasteiger partial charge >= 0.3 is 0 Å². The van der Waals surface area contributed by atoms with E-state index in [9.17, 15) is 0 Å². The van der Waals surface area contributed by atoms with Gasteiger partial charge in [0.05, 0.1) is 5.70 Å². The second-order valence-electron chi connectivity index (χ2n) is 3.15. The van der Waals surface area contributed by atoms with Gasteiger partial charge in [-0.05, 0) is 24.5 Å². The van der Waals surface area contributed by atoms with E-state index in [0.717, 1.165) is 6.42 Å². The van der Waals surface area contributed by atoms with Gasteiger partial charge in [-0.3, -0.25) is 0 Å². The van der Waals surface area contributed by atoms with Crippen LogP contribution in [0.2, 0.25) is 0 Å². The predicted octanol–water partition coefficient (Wildman–Crippen LogP) is 2.32. The molecule has 0 bridgehead atoms. The molecule has 1 unspecified atom stereocenters. The van der Waals surface area contributed by atoms with E-state index in [1.54, 1.807) is 6.20 Å². The zero-order valence-corrected chi connectivity index (χ0v) is 7.14. The summed E-state index contributed by atoms with van der Waals surface area (Å²) in [7, 11) is 0. The highest BCUT2D eigenvalue weighted by Crippen LogP contribution is 2.17. The Balaban J connectivity index is 2.23. The summed E-state index contributed by atoms with van der Waals surface area (Å²) in [4.78, 5) is 0. The fraction of sp³-hybridized carbons (Fsp3) is 0.300. The van der Waals surface area contributed by atoms with Crippen LogP contribution in [0.1, 0.15) is 13.3 Å². The molecular formula is C10H12N2. The third-order valence-corrected chi connectivity index (χ3v) is 2.06. The lowest BCUT2D eigenvalue weighted by Crippen LogP contribution is -2.00. The highest BCUT2D eigenvalue weighted by atomic mass is 15.3. The maximum absolute atomic E-state index is 4.16. The van der Waals surface area contributed by atoms with Gasteiger partial charge in [0.1, 0.15) is 0 Å². The minimum absolute atomic E-state index is 0.671. The molecule has 0 saturated heterocycles. The molecule has 0 N–H and O–H groups in total. The number of rotatable bonds is 1. The zero-order valence-electron chi connectivity index (χ0n) is 7.14. The van der Waals surface area contributed by atoms with E-state index >= 15 is 0 Å². The fourth-order valence-electron chi connectivity index (χ4n) is 1.31. The van der Waals surface area contributed by atoms with Crippen molar-refractivity contribution in [3.63, 3.8) is 0 Å². The minimum atomic E-state index is 0.671. The smallest absolute Gasteiger partial charge is 0.0602 e. The van der Waals surface area contributed by atoms with Crippen molar-refractivity contribution in [2.24, 2.45) is 5.92 Å². The molecule has 62 valence electrons. The third kappa shape index (κ3) is 1.33. The van der Waals surface area contributed by atoms with Crippen LogP contribution in [0.25, 0.3) is 5.70 Å². The van der Waals surface area contributed by atoms with Gasteiger partial charge in [-0.1, -0.05) is 19.1 Å². The van der Waals surface area contributed by atoms with Crippen LogP contribution in [-0.2, 0) is 0 Å². The summed E-state index contributed by atoms with van der Waals surface area (Å²) in [6.45, 7) is 2.22. The maximum Gasteiger partial charge on any atom is 0.0602 e. The monoisotopic (exact) mass is 160 g/mol. The molecule has 1 atom stereocenters. The Morgan fingerprint density at radius 3 is 3.08 bits per heavy atom. The quantitative estimate of drug-likeness (QED) is 0.616. The van der Waals surface area contributed by atoms with Crippen LogP contribution in [-0.4, -0.2) is 9.78 Å². The number of nitrogens with zero attached hydrogens (tertiary/aromatic N) is 2. The number of hydrogen-bond acceptors (Lipinski definition) is 1. The average Bonchev–Trinajstić information content (AvgIpc) is 2.58. The lowest BCUT2D eigenvalue weighted by atomic mass is 10.0. The summed E-state index contributed by atoms with van der Waals surface area (Å²) in [6, 6.07) is 1.94.